The molecule has 0 aliphatic heterocycles. The van der Waals surface area contributed by atoms with E-state index in [1.807, 2.05) is 6.07 Å². The quantitative estimate of drug-likeness (QED) is 0.749. The topological polar surface area (TPSA) is 9.23 Å². The molecule has 0 fully saturated rings. The van der Waals surface area contributed by atoms with Gasteiger partial charge in [-0.05, 0) is 43.5 Å². The fourth-order valence-electron chi connectivity index (χ4n) is 1.15. The van der Waals surface area contributed by atoms with E-state index in [4.69, 9.17) is 4.74 Å². The fourth-order valence-corrected chi connectivity index (χ4v) is 1.26. The zero-order valence-electron chi connectivity index (χ0n) is 9.08. The van der Waals surface area contributed by atoms with E-state index >= 15 is 0 Å². The first kappa shape index (κ1) is 11.4. The predicted octanol–water partition coefficient (Wildman–Crippen LogP) is 3.39. The summed E-state index contributed by atoms with van der Waals surface area (Å²) in [5.74, 6) is 0.960. The first-order chi connectivity index (χ1) is 6.59. The second-order valence-electron chi connectivity index (χ2n) is 3.73. The van der Waals surface area contributed by atoms with Crippen molar-refractivity contribution in [2.24, 2.45) is 0 Å². The fraction of sp³-hybridized carbons (Fsp3) is 0.500. The van der Waals surface area contributed by atoms with E-state index in [1.54, 1.807) is 0 Å². The molecule has 2 heteroatoms. The molecule has 0 amide bonds. The van der Waals surface area contributed by atoms with Crippen molar-refractivity contribution in [2.45, 2.75) is 32.4 Å². The molecule has 0 saturated carbocycles. The molecule has 78 valence electrons. The molecule has 0 aromatic heterocycles. The molecule has 1 aromatic carbocycles. The molecule has 1 nitrogen and oxygen atoms in total. The first-order valence-corrected chi connectivity index (χ1v) is 5.49. The second-order valence-corrected chi connectivity index (χ2v) is 4.61. The van der Waals surface area contributed by atoms with Gasteiger partial charge in [0.05, 0.1) is 6.61 Å². The van der Waals surface area contributed by atoms with Gasteiger partial charge in [0.15, 0.2) is 0 Å². The Hall–Kier alpha value is -0.630. The van der Waals surface area contributed by atoms with Gasteiger partial charge in [-0.25, -0.2) is 0 Å². The van der Waals surface area contributed by atoms with Crippen LogP contribution in [0, 0.1) is 13.8 Å². The maximum atomic E-state index is 5.60. The van der Waals surface area contributed by atoms with Crippen LogP contribution in [0.15, 0.2) is 18.2 Å². The molecule has 1 unspecified atom stereocenters. The summed E-state index contributed by atoms with van der Waals surface area (Å²) in [7, 11) is 0. The molecular weight excluding hydrogens is 192 g/mol. The van der Waals surface area contributed by atoms with Crippen LogP contribution in [0.25, 0.3) is 0 Å². The summed E-state index contributed by atoms with van der Waals surface area (Å²) in [5.41, 5.74) is 2.58. The summed E-state index contributed by atoms with van der Waals surface area (Å²) in [4.78, 5) is 0. The van der Waals surface area contributed by atoms with E-state index in [0.29, 0.717) is 5.25 Å². The lowest BCUT2D eigenvalue weighted by molar-refractivity contribution is 0.311. The van der Waals surface area contributed by atoms with E-state index < -0.39 is 0 Å². The third kappa shape index (κ3) is 3.62. The van der Waals surface area contributed by atoms with Crippen LogP contribution in [0.1, 0.15) is 24.5 Å². The maximum Gasteiger partial charge on any atom is 0.119 e. The SMILES string of the molecule is Cc1ccc(OCCC(C)S)cc1C. The van der Waals surface area contributed by atoms with Crippen molar-refractivity contribution in [1.82, 2.24) is 0 Å². The Balaban J connectivity index is 2.47. The molecule has 0 spiro atoms. The van der Waals surface area contributed by atoms with Crippen LogP contribution in [0.4, 0.5) is 0 Å². The van der Waals surface area contributed by atoms with Crippen LogP contribution in [0.2, 0.25) is 0 Å². The molecule has 1 aromatic rings. The van der Waals surface area contributed by atoms with Crippen molar-refractivity contribution in [3.63, 3.8) is 0 Å². The Kier molecular flexibility index (Phi) is 4.33. The van der Waals surface area contributed by atoms with Crippen LogP contribution in [0.5, 0.6) is 5.75 Å². The lowest BCUT2D eigenvalue weighted by Crippen LogP contribution is -2.03. The van der Waals surface area contributed by atoms with Gasteiger partial charge in [-0.15, -0.1) is 0 Å². The van der Waals surface area contributed by atoms with Crippen molar-refractivity contribution in [3.05, 3.63) is 29.3 Å². The monoisotopic (exact) mass is 210 g/mol. The van der Waals surface area contributed by atoms with E-state index in [9.17, 15) is 0 Å². The highest BCUT2D eigenvalue weighted by Gasteiger charge is 1.98. The molecule has 0 bridgehead atoms. The number of aryl methyl sites for hydroxylation is 2. The van der Waals surface area contributed by atoms with E-state index in [1.165, 1.54) is 11.1 Å². The van der Waals surface area contributed by atoms with Crippen LogP contribution < -0.4 is 4.74 Å². The highest BCUT2D eigenvalue weighted by Crippen LogP contribution is 2.16. The average Bonchev–Trinajstić information content (AvgIpc) is 2.10. The molecule has 0 aliphatic carbocycles. The van der Waals surface area contributed by atoms with Crippen molar-refractivity contribution in [3.8, 4) is 5.75 Å². The molecule has 0 N–H and O–H groups in total. The Labute approximate surface area is 91.9 Å². The highest BCUT2D eigenvalue weighted by atomic mass is 32.1. The summed E-state index contributed by atoms with van der Waals surface area (Å²) >= 11 is 4.30. The van der Waals surface area contributed by atoms with Crippen molar-refractivity contribution in [2.75, 3.05) is 6.61 Å². The van der Waals surface area contributed by atoms with Crippen molar-refractivity contribution in [1.29, 1.82) is 0 Å². The van der Waals surface area contributed by atoms with Gasteiger partial charge >= 0.3 is 0 Å². The van der Waals surface area contributed by atoms with Gasteiger partial charge in [0, 0.05) is 5.25 Å². The van der Waals surface area contributed by atoms with Gasteiger partial charge < -0.3 is 4.74 Å². The molecule has 0 radical (unpaired) electrons. The minimum atomic E-state index is 0.404. The number of hydrogen-bond donors (Lipinski definition) is 1. The summed E-state index contributed by atoms with van der Waals surface area (Å²) < 4.78 is 5.60. The van der Waals surface area contributed by atoms with Gasteiger partial charge in [0.25, 0.3) is 0 Å². The van der Waals surface area contributed by atoms with Crippen LogP contribution in [-0.2, 0) is 0 Å². The third-order valence-electron chi connectivity index (χ3n) is 2.28. The number of rotatable bonds is 4. The lowest BCUT2D eigenvalue weighted by atomic mass is 10.1. The van der Waals surface area contributed by atoms with Crippen molar-refractivity contribution >= 4 is 12.6 Å². The van der Waals surface area contributed by atoms with Gasteiger partial charge in [0.1, 0.15) is 5.75 Å². The van der Waals surface area contributed by atoms with E-state index in [0.717, 1.165) is 18.8 Å². The minimum absolute atomic E-state index is 0.404. The lowest BCUT2D eigenvalue weighted by Gasteiger charge is -2.09. The number of benzene rings is 1. The summed E-state index contributed by atoms with van der Waals surface area (Å²) in [6.45, 7) is 7.03. The number of ether oxygens (including phenoxy) is 1. The Morgan fingerprint density at radius 1 is 1.29 bits per heavy atom. The van der Waals surface area contributed by atoms with Crippen molar-refractivity contribution < 1.29 is 4.74 Å². The molecule has 0 aliphatic rings. The van der Waals surface area contributed by atoms with Crippen LogP contribution in [0.3, 0.4) is 0 Å². The van der Waals surface area contributed by atoms with Gasteiger partial charge in [-0.2, -0.15) is 12.6 Å². The molecule has 1 rings (SSSR count). The Morgan fingerprint density at radius 3 is 2.57 bits per heavy atom. The summed E-state index contributed by atoms with van der Waals surface area (Å²) in [5, 5.41) is 0.404. The van der Waals surface area contributed by atoms with E-state index in [2.05, 4.69) is 45.5 Å². The first-order valence-electron chi connectivity index (χ1n) is 4.97. The van der Waals surface area contributed by atoms with Crippen LogP contribution in [-0.4, -0.2) is 11.9 Å². The van der Waals surface area contributed by atoms with Gasteiger partial charge in [0.2, 0.25) is 0 Å². The molecular formula is C12H18OS. The Morgan fingerprint density at radius 2 is 2.00 bits per heavy atom. The second kappa shape index (κ2) is 5.30. The predicted molar refractivity (Wildman–Crippen MR) is 64.5 cm³/mol. The van der Waals surface area contributed by atoms with E-state index in [-0.39, 0.29) is 0 Å². The summed E-state index contributed by atoms with van der Waals surface area (Å²) in [6, 6.07) is 6.19. The van der Waals surface area contributed by atoms with Crippen LogP contribution >= 0.6 is 12.6 Å². The van der Waals surface area contributed by atoms with Gasteiger partial charge in [-0.1, -0.05) is 13.0 Å². The summed E-state index contributed by atoms with van der Waals surface area (Å²) in [6.07, 6.45) is 0.982. The highest BCUT2D eigenvalue weighted by molar-refractivity contribution is 7.80. The Bertz CT molecular complexity index is 294. The minimum Gasteiger partial charge on any atom is -0.494 e. The third-order valence-corrected chi connectivity index (χ3v) is 2.54. The number of hydrogen-bond acceptors (Lipinski definition) is 2. The normalized spacial score (nSPS) is 12.6. The smallest absolute Gasteiger partial charge is 0.119 e. The standard InChI is InChI=1S/C12H18OS/c1-9-4-5-12(8-10(9)2)13-7-6-11(3)14/h4-5,8,11,14H,6-7H2,1-3H3. The molecule has 0 heterocycles. The van der Waals surface area contributed by atoms with Gasteiger partial charge in [-0.3, -0.25) is 0 Å². The zero-order valence-corrected chi connectivity index (χ0v) is 9.97. The largest absolute Gasteiger partial charge is 0.494 e. The average molecular weight is 210 g/mol. The number of thiol groups is 1. The molecule has 14 heavy (non-hydrogen) atoms. The zero-order chi connectivity index (χ0) is 10.6. The molecule has 0 saturated heterocycles. The maximum absolute atomic E-state index is 5.60. The molecule has 1 atom stereocenters.